The van der Waals surface area contributed by atoms with Crippen molar-refractivity contribution in [1.29, 1.82) is 0 Å². The Hall–Kier alpha value is -3.84. The van der Waals surface area contributed by atoms with Gasteiger partial charge in [-0.25, -0.2) is 4.79 Å². The van der Waals surface area contributed by atoms with E-state index >= 15 is 0 Å². The van der Waals surface area contributed by atoms with E-state index in [0.29, 0.717) is 19.3 Å². The Morgan fingerprint density at radius 1 is 0.507 bits per heavy atom. The number of aliphatic carboxylic acids is 1. The van der Waals surface area contributed by atoms with Gasteiger partial charge < -0.3 is 39.0 Å². The van der Waals surface area contributed by atoms with Gasteiger partial charge in [-0.05, 0) is 96.3 Å². The average Bonchev–Trinajstić information content (AvgIpc) is 3.31. The molecule has 382 valence electrons. The summed E-state index contributed by atoms with van der Waals surface area (Å²) in [5.74, 6) is -3.21. The molecule has 3 N–H and O–H groups in total. The number of hydrogen-bond donors (Lipinski definition) is 3. The molecule has 0 spiro atoms. The summed E-state index contributed by atoms with van der Waals surface area (Å²) in [5, 5.41) is 31.3. The summed E-state index contributed by atoms with van der Waals surface area (Å²) in [7, 11) is 0. The monoisotopic (exact) mass is 943 g/mol. The maximum Gasteiger partial charge on any atom is 0.335 e. The third-order valence-corrected chi connectivity index (χ3v) is 11.2. The lowest BCUT2D eigenvalue weighted by molar-refractivity contribution is -0.301. The molecule has 1 rings (SSSR count). The second-order valence-corrected chi connectivity index (χ2v) is 17.4. The number of unbranched alkanes of at least 4 members (excludes halogenated alkanes) is 16. The van der Waals surface area contributed by atoms with Crippen LogP contribution in [0.4, 0.5) is 0 Å². The number of esters is 3. The Labute approximate surface area is 404 Å². The lowest BCUT2D eigenvalue weighted by Gasteiger charge is -2.40. The predicted molar refractivity (Wildman–Crippen MR) is 266 cm³/mol. The molecular weight excluding hydrogens is 853 g/mol. The van der Waals surface area contributed by atoms with Crippen molar-refractivity contribution in [1.82, 2.24) is 0 Å². The topological polar surface area (TPSA) is 175 Å². The van der Waals surface area contributed by atoms with E-state index in [1.807, 2.05) is 0 Å². The van der Waals surface area contributed by atoms with Gasteiger partial charge in [0.1, 0.15) is 18.8 Å². The van der Waals surface area contributed by atoms with Crippen LogP contribution in [0.1, 0.15) is 201 Å². The summed E-state index contributed by atoms with van der Waals surface area (Å²) in [6, 6.07) is 0. The van der Waals surface area contributed by atoms with Gasteiger partial charge in [0.25, 0.3) is 0 Å². The standard InChI is InChI=1S/C55H90O12/c1-4-7-10-13-16-19-22-23-24-25-28-29-32-35-38-41-47(56)63-44-46(65-48(57)42-39-36-33-30-26-20-17-14-11-8-5-2)45-64-55-53(51(60)50(59)52(67-55)54(61)62)66-49(58)43-40-37-34-31-27-21-18-15-12-9-6-3/h7,10,14-19,23-24,28-29,46,50-53,55,59-60H,4-6,8-9,11-13,20-22,25-27,30-45H2,1-3H3,(H,61,62)/b10-7-,17-14-,18-15-,19-16-,24-23-,29-28-. The fourth-order valence-corrected chi connectivity index (χ4v) is 7.20. The van der Waals surface area contributed by atoms with E-state index < -0.39 is 67.3 Å². The van der Waals surface area contributed by atoms with Crippen molar-refractivity contribution in [3.63, 3.8) is 0 Å². The molecule has 6 atom stereocenters. The molecule has 0 amide bonds. The normalized spacial score (nSPS) is 19.4. The van der Waals surface area contributed by atoms with Gasteiger partial charge in [-0.15, -0.1) is 0 Å². The van der Waals surface area contributed by atoms with Gasteiger partial charge in [0, 0.05) is 19.3 Å². The Kier molecular flexibility index (Phi) is 39.7. The summed E-state index contributed by atoms with van der Waals surface area (Å²) in [6.07, 6.45) is 40.5. The number of carbonyl (C=O) groups excluding carboxylic acids is 3. The van der Waals surface area contributed by atoms with E-state index in [2.05, 4.69) is 93.7 Å². The zero-order chi connectivity index (χ0) is 49.0. The first-order valence-corrected chi connectivity index (χ1v) is 25.9. The highest BCUT2D eigenvalue weighted by molar-refractivity contribution is 5.74. The maximum atomic E-state index is 13.0. The second kappa shape index (κ2) is 43.4. The number of hydrogen-bond acceptors (Lipinski definition) is 11. The minimum Gasteiger partial charge on any atom is -0.479 e. The lowest BCUT2D eigenvalue weighted by Crippen LogP contribution is -2.61. The van der Waals surface area contributed by atoms with E-state index in [0.717, 1.165) is 116 Å². The molecule has 67 heavy (non-hydrogen) atoms. The summed E-state index contributed by atoms with van der Waals surface area (Å²) in [4.78, 5) is 50.7. The third kappa shape index (κ3) is 34.2. The fraction of sp³-hybridized carbons (Fsp3) is 0.709. The second-order valence-electron chi connectivity index (χ2n) is 17.4. The van der Waals surface area contributed by atoms with Gasteiger partial charge >= 0.3 is 23.9 Å². The number of carboxylic acids is 1. The Balaban J connectivity index is 2.77. The predicted octanol–water partition coefficient (Wildman–Crippen LogP) is 12.2. The highest BCUT2D eigenvalue weighted by Crippen LogP contribution is 2.26. The summed E-state index contributed by atoms with van der Waals surface area (Å²) >= 11 is 0. The van der Waals surface area contributed by atoms with Gasteiger partial charge in [-0.2, -0.15) is 0 Å². The molecule has 0 aromatic heterocycles. The molecule has 1 saturated heterocycles. The first-order valence-electron chi connectivity index (χ1n) is 25.9. The number of aliphatic hydroxyl groups excluding tert-OH is 2. The van der Waals surface area contributed by atoms with E-state index in [4.69, 9.17) is 23.7 Å². The number of ether oxygens (including phenoxy) is 5. The van der Waals surface area contributed by atoms with E-state index in [-0.39, 0.29) is 25.9 Å². The molecule has 1 aliphatic heterocycles. The molecule has 0 bridgehead atoms. The number of carboxylic acid groups (broad SMARTS) is 1. The zero-order valence-corrected chi connectivity index (χ0v) is 41.6. The van der Waals surface area contributed by atoms with Gasteiger partial charge in [-0.3, -0.25) is 14.4 Å². The van der Waals surface area contributed by atoms with Crippen LogP contribution >= 0.6 is 0 Å². The van der Waals surface area contributed by atoms with Crippen LogP contribution in [0.2, 0.25) is 0 Å². The van der Waals surface area contributed by atoms with E-state index in [9.17, 15) is 34.5 Å². The molecule has 1 heterocycles. The highest BCUT2D eigenvalue weighted by Gasteiger charge is 2.50. The van der Waals surface area contributed by atoms with Gasteiger partial charge in [0.15, 0.2) is 24.6 Å². The fourth-order valence-electron chi connectivity index (χ4n) is 7.20. The average molecular weight is 943 g/mol. The van der Waals surface area contributed by atoms with Crippen LogP contribution in [0.3, 0.4) is 0 Å². The van der Waals surface area contributed by atoms with Crippen molar-refractivity contribution in [2.45, 2.75) is 237 Å². The number of aliphatic hydroxyl groups is 2. The summed E-state index contributed by atoms with van der Waals surface area (Å²) in [5.41, 5.74) is 0. The number of allylic oxidation sites excluding steroid dienone is 12. The SMILES string of the molecule is CC/C=C\C/C=C\C/C=C\C/C=C\CCCCC(=O)OCC(COC1OC(C(=O)O)C(O)C(O)C1OC(=O)CCCCCCC/C=C\CCCC)OC(=O)CCCCCCC/C=C\CCCC. The largest absolute Gasteiger partial charge is 0.479 e. The van der Waals surface area contributed by atoms with E-state index in [1.165, 1.54) is 25.7 Å². The molecule has 0 saturated carbocycles. The van der Waals surface area contributed by atoms with Gasteiger partial charge in [0.05, 0.1) is 6.61 Å². The van der Waals surface area contributed by atoms with Crippen LogP contribution in [0.15, 0.2) is 72.9 Å². The van der Waals surface area contributed by atoms with Crippen LogP contribution in [-0.4, -0.2) is 89.2 Å². The number of rotatable bonds is 42. The first kappa shape index (κ1) is 61.2. The van der Waals surface area contributed by atoms with Gasteiger partial charge in [0.2, 0.25) is 0 Å². The molecule has 12 heteroatoms. The Morgan fingerprint density at radius 3 is 1.48 bits per heavy atom. The highest BCUT2D eigenvalue weighted by atomic mass is 16.7. The quantitative estimate of drug-likeness (QED) is 0.0229. The molecular formula is C55H90O12. The lowest BCUT2D eigenvalue weighted by atomic mass is 9.98. The molecule has 0 aromatic carbocycles. The molecule has 0 aromatic rings. The molecule has 0 aliphatic carbocycles. The molecule has 6 unspecified atom stereocenters. The van der Waals surface area contributed by atoms with Crippen molar-refractivity contribution in [3.8, 4) is 0 Å². The minimum atomic E-state index is -1.91. The van der Waals surface area contributed by atoms with Gasteiger partial charge in [-0.1, -0.05) is 158 Å². The van der Waals surface area contributed by atoms with Crippen molar-refractivity contribution >= 4 is 23.9 Å². The Bertz CT molecular complexity index is 1450. The van der Waals surface area contributed by atoms with Crippen LogP contribution < -0.4 is 0 Å². The maximum absolute atomic E-state index is 13.0. The summed E-state index contributed by atoms with van der Waals surface area (Å²) < 4.78 is 28.2. The van der Waals surface area contributed by atoms with Crippen molar-refractivity contribution < 1.29 is 58.2 Å². The zero-order valence-electron chi connectivity index (χ0n) is 41.6. The van der Waals surface area contributed by atoms with Crippen LogP contribution in [-0.2, 0) is 42.9 Å². The first-order chi connectivity index (χ1) is 32.6. The van der Waals surface area contributed by atoms with E-state index in [1.54, 1.807) is 0 Å². The van der Waals surface area contributed by atoms with Crippen molar-refractivity contribution in [2.24, 2.45) is 0 Å². The molecule has 12 nitrogen and oxygen atoms in total. The molecule has 1 aliphatic rings. The van der Waals surface area contributed by atoms with Crippen LogP contribution in [0, 0.1) is 0 Å². The minimum absolute atomic E-state index is 0.0427. The third-order valence-electron chi connectivity index (χ3n) is 11.2. The van der Waals surface area contributed by atoms with Crippen molar-refractivity contribution in [2.75, 3.05) is 13.2 Å². The molecule has 1 fully saturated rings. The summed E-state index contributed by atoms with van der Waals surface area (Å²) in [6.45, 7) is 5.71. The van der Waals surface area contributed by atoms with Crippen LogP contribution in [0.25, 0.3) is 0 Å². The Morgan fingerprint density at radius 2 is 0.940 bits per heavy atom. The smallest absolute Gasteiger partial charge is 0.335 e. The van der Waals surface area contributed by atoms with Crippen molar-refractivity contribution in [3.05, 3.63) is 72.9 Å². The molecule has 0 radical (unpaired) electrons. The number of carbonyl (C=O) groups is 4. The van der Waals surface area contributed by atoms with Crippen LogP contribution in [0.5, 0.6) is 0 Å².